The van der Waals surface area contributed by atoms with Crippen molar-refractivity contribution in [1.29, 1.82) is 0 Å². The van der Waals surface area contributed by atoms with Gasteiger partial charge >= 0.3 is 5.69 Å². The summed E-state index contributed by atoms with van der Waals surface area (Å²) in [6, 6.07) is 0. The smallest absolute Gasteiger partial charge is 0.348 e. The fourth-order valence-electron chi connectivity index (χ4n) is 1.68. The predicted octanol–water partition coefficient (Wildman–Crippen LogP) is -0.420. The lowest BCUT2D eigenvalue weighted by molar-refractivity contribution is -0.384. The molecule has 8 nitrogen and oxygen atoms in total. The van der Waals surface area contributed by atoms with Crippen molar-refractivity contribution in [3.63, 3.8) is 0 Å². The van der Waals surface area contributed by atoms with Gasteiger partial charge in [-0.2, -0.15) is 0 Å². The fraction of sp³-hybridized carbons (Fsp3) is 0.500. The molecule has 0 saturated carbocycles. The highest BCUT2D eigenvalue weighted by molar-refractivity contribution is 6.31. The van der Waals surface area contributed by atoms with Gasteiger partial charge in [0.25, 0.3) is 0 Å². The molecule has 0 radical (unpaired) electrons. The third kappa shape index (κ3) is 2.14. The van der Waals surface area contributed by atoms with Crippen molar-refractivity contribution in [3.8, 4) is 0 Å². The van der Waals surface area contributed by atoms with Gasteiger partial charge in [0.1, 0.15) is 6.33 Å². The van der Waals surface area contributed by atoms with Crippen molar-refractivity contribution in [2.45, 2.75) is 12.2 Å². The summed E-state index contributed by atoms with van der Waals surface area (Å²) in [6.45, 7) is 0.130. The average molecular weight is 261 g/mol. The van der Waals surface area contributed by atoms with E-state index < -0.39 is 22.8 Å². The Labute approximate surface area is 101 Å². The lowest BCUT2D eigenvalue weighted by atomic mass is 10.3. The van der Waals surface area contributed by atoms with E-state index in [0.29, 0.717) is 0 Å². The van der Waals surface area contributed by atoms with Gasteiger partial charge in [0.05, 0.1) is 17.1 Å². The number of hydrogen-bond donors (Lipinski definition) is 2. The van der Waals surface area contributed by atoms with E-state index in [0.717, 1.165) is 6.33 Å². The van der Waals surface area contributed by atoms with E-state index in [1.54, 1.807) is 0 Å². The van der Waals surface area contributed by atoms with Crippen molar-refractivity contribution >= 4 is 23.1 Å². The molecular weight excluding hydrogens is 252 g/mol. The van der Waals surface area contributed by atoms with Crippen molar-refractivity contribution in [1.82, 2.24) is 9.97 Å². The van der Waals surface area contributed by atoms with Crippen molar-refractivity contribution in [2.24, 2.45) is 0 Å². The second-order valence-electron chi connectivity index (χ2n) is 3.63. The van der Waals surface area contributed by atoms with Crippen molar-refractivity contribution in [3.05, 3.63) is 21.6 Å². The standard InChI is InChI=1S/C8H9ClN4O4/c9-7-6(13(16)17)8(11-3-10-7)12-1-4(14)5(15)2-12/h3-5,14-15H,1-2H2. The van der Waals surface area contributed by atoms with E-state index in [2.05, 4.69) is 9.97 Å². The fourth-order valence-corrected chi connectivity index (χ4v) is 1.88. The van der Waals surface area contributed by atoms with Gasteiger partial charge in [0.15, 0.2) is 0 Å². The van der Waals surface area contributed by atoms with Crippen LogP contribution in [0, 0.1) is 10.1 Å². The number of aliphatic hydroxyl groups is 2. The summed E-state index contributed by atoms with van der Waals surface area (Å²) >= 11 is 5.63. The first-order valence-corrected chi connectivity index (χ1v) is 5.14. The van der Waals surface area contributed by atoms with Gasteiger partial charge in [-0.15, -0.1) is 0 Å². The normalized spacial score (nSPS) is 24.1. The molecule has 0 spiro atoms. The molecule has 2 rings (SSSR count). The molecular formula is C8H9ClN4O4. The Bertz CT molecular complexity index is 447. The van der Waals surface area contributed by atoms with Crippen LogP contribution in [0.15, 0.2) is 6.33 Å². The Morgan fingerprint density at radius 2 is 2.00 bits per heavy atom. The maximum Gasteiger partial charge on any atom is 0.348 e. The van der Waals surface area contributed by atoms with Gasteiger partial charge in [-0.25, -0.2) is 9.97 Å². The Morgan fingerprint density at radius 1 is 1.41 bits per heavy atom. The molecule has 0 aromatic carbocycles. The zero-order valence-electron chi connectivity index (χ0n) is 8.52. The number of anilines is 1. The molecule has 1 aliphatic rings. The molecule has 92 valence electrons. The maximum absolute atomic E-state index is 10.9. The molecule has 0 amide bonds. The monoisotopic (exact) mass is 260 g/mol. The van der Waals surface area contributed by atoms with Crippen LogP contribution in [0.3, 0.4) is 0 Å². The van der Waals surface area contributed by atoms with Gasteiger partial charge in [-0.3, -0.25) is 10.1 Å². The van der Waals surface area contributed by atoms with Crippen LogP contribution < -0.4 is 4.90 Å². The number of aromatic nitrogens is 2. The van der Waals surface area contributed by atoms with E-state index in [1.807, 2.05) is 0 Å². The number of β-amino-alcohol motifs (C(OH)–C–C–N with tert-alkyl or cyclic N) is 2. The van der Waals surface area contributed by atoms with Gasteiger partial charge < -0.3 is 15.1 Å². The van der Waals surface area contributed by atoms with Crippen molar-refractivity contribution < 1.29 is 15.1 Å². The summed E-state index contributed by atoms with van der Waals surface area (Å²) in [6.07, 6.45) is -0.812. The first-order chi connectivity index (χ1) is 8.00. The van der Waals surface area contributed by atoms with Gasteiger partial charge in [0.2, 0.25) is 11.0 Å². The van der Waals surface area contributed by atoms with Crippen molar-refractivity contribution in [2.75, 3.05) is 18.0 Å². The topological polar surface area (TPSA) is 113 Å². The number of nitro groups is 1. The molecule has 9 heteroatoms. The van der Waals surface area contributed by atoms with Crippen LogP contribution in [0.2, 0.25) is 5.15 Å². The highest BCUT2D eigenvalue weighted by Crippen LogP contribution is 2.32. The molecule has 1 aliphatic heterocycles. The van der Waals surface area contributed by atoms with Crippen LogP contribution in [-0.2, 0) is 0 Å². The highest BCUT2D eigenvalue weighted by atomic mass is 35.5. The number of rotatable bonds is 2. The van der Waals surface area contributed by atoms with Crippen LogP contribution >= 0.6 is 11.6 Å². The lowest BCUT2D eigenvalue weighted by Gasteiger charge is -2.15. The Hall–Kier alpha value is -1.51. The molecule has 0 bridgehead atoms. The van der Waals surface area contributed by atoms with Gasteiger partial charge in [-0.05, 0) is 0 Å². The van der Waals surface area contributed by atoms with Crippen LogP contribution in [0.5, 0.6) is 0 Å². The molecule has 2 heterocycles. The molecule has 2 unspecified atom stereocenters. The minimum atomic E-state index is -0.955. The number of hydrogen-bond acceptors (Lipinski definition) is 7. The lowest BCUT2D eigenvalue weighted by Crippen LogP contribution is -2.23. The van der Waals surface area contributed by atoms with Crippen LogP contribution in [0.25, 0.3) is 0 Å². The largest absolute Gasteiger partial charge is 0.389 e. The molecule has 1 saturated heterocycles. The molecule has 1 aromatic heterocycles. The SMILES string of the molecule is O=[N+]([O-])c1c(Cl)ncnc1N1CC(O)C(O)C1. The number of aliphatic hydroxyl groups excluding tert-OH is 2. The molecule has 17 heavy (non-hydrogen) atoms. The van der Waals surface area contributed by atoms with E-state index in [4.69, 9.17) is 11.6 Å². The summed E-state index contributed by atoms with van der Waals surface area (Å²) in [4.78, 5) is 18.9. The zero-order chi connectivity index (χ0) is 12.6. The Balaban J connectivity index is 2.39. The van der Waals surface area contributed by atoms with Crippen LogP contribution in [0.1, 0.15) is 0 Å². The second-order valence-corrected chi connectivity index (χ2v) is 3.99. The summed E-state index contributed by atoms with van der Waals surface area (Å²) < 4.78 is 0. The second kappa shape index (κ2) is 4.40. The molecule has 1 aromatic rings. The zero-order valence-corrected chi connectivity index (χ0v) is 9.28. The third-order valence-corrected chi connectivity index (χ3v) is 2.78. The molecule has 2 N–H and O–H groups in total. The van der Waals surface area contributed by atoms with Crippen LogP contribution in [0.4, 0.5) is 11.5 Å². The molecule has 1 fully saturated rings. The summed E-state index contributed by atoms with van der Waals surface area (Å²) in [7, 11) is 0. The van der Waals surface area contributed by atoms with Gasteiger partial charge in [-0.1, -0.05) is 11.6 Å². The first kappa shape index (κ1) is 12.0. The van der Waals surface area contributed by atoms with Crippen LogP contribution in [-0.4, -0.2) is 50.4 Å². The number of nitrogens with zero attached hydrogens (tertiary/aromatic N) is 4. The maximum atomic E-state index is 10.9. The quantitative estimate of drug-likeness (QED) is 0.422. The van der Waals surface area contributed by atoms with Gasteiger partial charge in [0, 0.05) is 13.1 Å². The first-order valence-electron chi connectivity index (χ1n) is 4.76. The van der Waals surface area contributed by atoms with E-state index in [1.165, 1.54) is 4.90 Å². The molecule has 2 atom stereocenters. The number of halogens is 1. The van der Waals surface area contributed by atoms with E-state index in [-0.39, 0.29) is 24.1 Å². The summed E-state index contributed by atoms with van der Waals surface area (Å²) in [5.41, 5.74) is -0.421. The minimum Gasteiger partial charge on any atom is -0.389 e. The Morgan fingerprint density at radius 3 is 2.53 bits per heavy atom. The Kier molecular flexibility index (Phi) is 3.09. The third-order valence-electron chi connectivity index (χ3n) is 2.50. The van der Waals surface area contributed by atoms with E-state index in [9.17, 15) is 20.3 Å². The predicted molar refractivity (Wildman–Crippen MR) is 57.9 cm³/mol. The average Bonchev–Trinajstić information content (AvgIpc) is 2.58. The molecule has 0 aliphatic carbocycles. The minimum absolute atomic E-state index is 0.00519. The van der Waals surface area contributed by atoms with E-state index >= 15 is 0 Å². The summed E-state index contributed by atoms with van der Waals surface area (Å²) in [5, 5.41) is 29.4. The summed E-state index contributed by atoms with van der Waals surface area (Å²) in [5.74, 6) is 0.00519. The highest BCUT2D eigenvalue weighted by Gasteiger charge is 2.35.